The molecule has 1 N–H and O–H groups in total. The van der Waals surface area contributed by atoms with E-state index in [1.54, 1.807) is 12.1 Å². The van der Waals surface area contributed by atoms with Gasteiger partial charge in [-0.25, -0.2) is 8.42 Å². The predicted molar refractivity (Wildman–Crippen MR) is 102 cm³/mol. The number of carbonyl (C=O) groups is 1. The Hall–Kier alpha value is -1.31. The molecule has 0 aliphatic carbocycles. The number of rotatable bonds is 7. The van der Waals surface area contributed by atoms with Crippen LogP contribution in [-0.2, 0) is 14.8 Å². The van der Waals surface area contributed by atoms with Gasteiger partial charge in [-0.3, -0.25) is 4.79 Å². The summed E-state index contributed by atoms with van der Waals surface area (Å²) in [4.78, 5) is 12.4. The molecule has 0 radical (unpaired) electrons. The number of nitrogens with zero attached hydrogens (tertiary/aromatic N) is 1. The number of hydrogen-bond donors (Lipinski definition) is 1. The van der Waals surface area contributed by atoms with Crippen LogP contribution in [0, 0.1) is 5.92 Å². The molecule has 0 saturated carbocycles. The summed E-state index contributed by atoms with van der Waals surface area (Å²) < 4.78 is 32.5. The first kappa shape index (κ1) is 21.0. The molecule has 1 amide bonds. The number of benzene rings is 1. The minimum Gasteiger partial charge on any atom is -0.495 e. The molecule has 1 heterocycles. The Morgan fingerprint density at radius 1 is 1.38 bits per heavy atom. The highest BCUT2D eigenvalue weighted by Gasteiger charge is 2.34. The normalized spacial score (nSPS) is 17.7. The number of halogens is 1. The molecular weight excluding hydrogens is 376 g/mol. The number of nitrogens with one attached hydrogen (secondary N) is 1. The average molecular weight is 403 g/mol. The Morgan fingerprint density at radius 3 is 2.62 bits per heavy atom. The van der Waals surface area contributed by atoms with E-state index in [2.05, 4.69) is 12.2 Å². The van der Waals surface area contributed by atoms with Crippen molar-refractivity contribution in [1.82, 2.24) is 9.62 Å². The van der Waals surface area contributed by atoms with Gasteiger partial charge in [0.15, 0.2) is 0 Å². The molecule has 146 valence electrons. The second-order valence-corrected chi connectivity index (χ2v) is 9.01. The van der Waals surface area contributed by atoms with Gasteiger partial charge < -0.3 is 10.1 Å². The van der Waals surface area contributed by atoms with E-state index in [9.17, 15) is 13.2 Å². The molecule has 1 aliphatic heterocycles. The smallest absolute Gasteiger partial charge is 0.246 e. The van der Waals surface area contributed by atoms with Gasteiger partial charge in [-0.15, -0.1) is 0 Å². The van der Waals surface area contributed by atoms with Crippen LogP contribution in [0.4, 0.5) is 0 Å². The standard InChI is InChI=1S/C18H27ClN2O4S/c1-4-5-13(2)20-18(22)14-8-10-21(11-9-14)26(23,24)17-12-15(19)6-7-16(17)25-3/h6-7,12-14H,4-5,8-11H2,1-3H3,(H,20,22)/t13-/m1/s1. The molecule has 2 rings (SSSR count). The molecule has 1 aromatic carbocycles. The molecule has 1 atom stereocenters. The third-order valence-corrected chi connectivity index (χ3v) is 6.83. The zero-order valence-corrected chi connectivity index (χ0v) is 17.1. The van der Waals surface area contributed by atoms with Crippen molar-refractivity contribution >= 4 is 27.5 Å². The molecule has 0 bridgehead atoms. The summed E-state index contributed by atoms with van der Waals surface area (Å²) in [5, 5.41) is 3.35. The fraction of sp³-hybridized carbons (Fsp3) is 0.611. The fourth-order valence-electron chi connectivity index (χ4n) is 3.22. The van der Waals surface area contributed by atoms with Crippen LogP contribution >= 0.6 is 11.6 Å². The molecule has 0 aromatic heterocycles. The SMILES string of the molecule is CCC[C@@H](C)NC(=O)C1CCN(S(=O)(=O)c2cc(Cl)ccc2OC)CC1. The van der Waals surface area contributed by atoms with Crippen molar-refractivity contribution in [2.75, 3.05) is 20.2 Å². The highest BCUT2D eigenvalue weighted by Crippen LogP contribution is 2.31. The zero-order chi connectivity index (χ0) is 19.3. The molecule has 1 aromatic rings. The molecule has 1 fully saturated rings. The van der Waals surface area contributed by atoms with Gasteiger partial charge in [0.25, 0.3) is 0 Å². The van der Waals surface area contributed by atoms with Crippen molar-refractivity contribution in [3.63, 3.8) is 0 Å². The minimum absolute atomic E-state index is 0.0170. The van der Waals surface area contributed by atoms with Crippen LogP contribution in [0.2, 0.25) is 5.02 Å². The third-order valence-electron chi connectivity index (χ3n) is 4.68. The monoisotopic (exact) mass is 402 g/mol. The number of hydrogen-bond acceptors (Lipinski definition) is 4. The number of carbonyl (C=O) groups excluding carboxylic acids is 1. The molecule has 8 heteroatoms. The third kappa shape index (κ3) is 4.90. The van der Waals surface area contributed by atoms with Crippen LogP contribution < -0.4 is 10.1 Å². The second-order valence-electron chi connectivity index (χ2n) is 6.67. The van der Waals surface area contributed by atoms with Gasteiger partial charge in [0, 0.05) is 30.1 Å². The molecule has 26 heavy (non-hydrogen) atoms. The Balaban J connectivity index is 2.05. The van der Waals surface area contributed by atoms with E-state index in [1.807, 2.05) is 6.92 Å². The number of ether oxygens (including phenoxy) is 1. The largest absolute Gasteiger partial charge is 0.495 e. The lowest BCUT2D eigenvalue weighted by Crippen LogP contribution is -2.44. The number of piperidine rings is 1. The van der Waals surface area contributed by atoms with Crippen molar-refractivity contribution in [2.24, 2.45) is 5.92 Å². The lowest BCUT2D eigenvalue weighted by atomic mass is 9.96. The van der Waals surface area contributed by atoms with Gasteiger partial charge in [0.2, 0.25) is 15.9 Å². The number of methoxy groups -OCH3 is 1. The van der Waals surface area contributed by atoms with E-state index in [0.29, 0.717) is 31.0 Å². The van der Waals surface area contributed by atoms with Crippen molar-refractivity contribution in [2.45, 2.75) is 50.5 Å². The van der Waals surface area contributed by atoms with Crippen molar-refractivity contribution < 1.29 is 17.9 Å². The van der Waals surface area contributed by atoms with Crippen LogP contribution in [0.15, 0.2) is 23.1 Å². The van der Waals surface area contributed by atoms with E-state index in [1.165, 1.54) is 17.5 Å². The first-order valence-corrected chi connectivity index (χ1v) is 10.8. The maximum absolute atomic E-state index is 12.9. The minimum atomic E-state index is -3.72. The maximum atomic E-state index is 12.9. The van der Waals surface area contributed by atoms with E-state index < -0.39 is 10.0 Å². The summed E-state index contributed by atoms with van der Waals surface area (Å²) in [5.41, 5.74) is 0. The average Bonchev–Trinajstić information content (AvgIpc) is 2.62. The van der Waals surface area contributed by atoms with Gasteiger partial charge in [-0.05, 0) is 44.4 Å². The van der Waals surface area contributed by atoms with Crippen LogP contribution in [0.5, 0.6) is 5.75 Å². The summed E-state index contributed by atoms with van der Waals surface area (Å²) in [6.45, 7) is 4.68. The highest BCUT2D eigenvalue weighted by atomic mass is 35.5. The molecular formula is C18H27ClN2O4S. The summed E-state index contributed by atoms with van der Waals surface area (Å²) in [6, 6.07) is 4.68. The predicted octanol–water partition coefficient (Wildman–Crippen LogP) is 3.05. The number of sulfonamides is 1. The summed E-state index contributed by atoms with van der Waals surface area (Å²) in [7, 11) is -2.29. The molecule has 1 saturated heterocycles. The summed E-state index contributed by atoms with van der Waals surface area (Å²) >= 11 is 5.97. The highest BCUT2D eigenvalue weighted by molar-refractivity contribution is 7.89. The lowest BCUT2D eigenvalue weighted by molar-refractivity contribution is -0.126. The topological polar surface area (TPSA) is 75.7 Å². The lowest BCUT2D eigenvalue weighted by Gasteiger charge is -2.31. The first-order valence-electron chi connectivity index (χ1n) is 8.93. The quantitative estimate of drug-likeness (QED) is 0.760. The molecule has 0 spiro atoms. The number of amides is 1. The van der Waals surface area contributed by atoms with Crippen LogP contribution in [0.1, 0.15) is 39.5 Å². The molecule has 0 unspecified atom stereocenters. The maximum Gasteiger partial charge on any atom is 0.246 e. The van der Waals surface area contributed by atoms with E-state index in [-0.39, 0.29) is 28.5 Å². The van der Waals surface area contributed by atoms with Crippen LogP contribution in [-0.4, -0.2) is 44.9 Å². The first-order chi connectivity index (χ1) is 12.3. The van der Waals surface area contributed by atoms with Gasteiger partial charge in [-0.2, -0.15) is 4.31 Å². The van der Waals surface area contributed by atoms with Crippen molar-refractivity contribution in [3.05, 3.63) is 23.2 Å². The van der Waals surface area contributed by atoms with Gasteiger partial charge >= 0.3 is 0 Å². The molecule has 6 nitrogen and oxygen atoms in total. The Labute approximate surface area is 160 Å². The van der Waals surface area contributed by atoms with Gasteiger partial charge in [0.1, 0.15) is 10.6 Å². The summed E-state index contributed by atoms with van der Waals surface area (Å²) in [5.74, 6) is 0.132. The van der Waals surface area contributed by atoms with Gasteiger partial charge in [0.05, 0.1) is 7.11 Å². The van der Waals surface area contributed by atoms with Crippen LogP contribution in [0.25, 0.3) is 0 Å². The Morgan fingerprint density at radius 2 is 2.04 bits per heavy atom. The van der Waals surface area contributed by atoms with E-state index >= 15 is 0 Å². The zero-order valence-electron chi connectivity index (χ0n) is 15.5. The van der Waals surface area contributed by atoms with Crippen LogP contribution in [0.3, 0.4) is 0 Å². The Bertz CT molecular complexity index is 731. The van der Waals surface area contributed by atoms with E-state index in [0.717, 1.165) is 12.8 Å². The van der Waals surface area contributed by atoms with Crippen molar-refractivity contribution in [1.29, 1.82) is 0 Å². The summed E-state index contributed by atoms with van der Waals surface area (Å²) in [6.07, 6.45) is 2.96. The Kier molecular flexibility index (Phi) is 7.32. The van der Waals surface area contributed by atoms with Gasteiger partial charge in [-0.1, -0.05) is 24.9 Å². The van der Waals surface area contributed by atoms with Crippen molar-refractivity contribution in [3.8, 4) is 5.75 Å². The molecule has 1 aliphatic rings. The second kappa shape index (κ2) is 9.06. The fourth-order valence-corrected chi connectivity index (χ4v) is 5.10. The van der Waals surface area contributed by atoms with E-state index in [4.69, 9.17) is 16.3 Å².